The normalized spacial score (nSPS) is 10.1. The van der Waals surface area contributed by atoms with Crippen LogP contribution >= 0.6 is 0 Å². The standard InChI is InChI=1S/C18H27N3O2/c1-13(2)8-17(22)19-11-15-6-5-7-16(9-15)12-21-18(23)20-10-14(3)4/h5-9,14H,10-12H2,1-4H3,(H,19,22)(H2,20,21,23). The van der Waals surface area contributed by atoms with Crippen molar-refractivity contribution in [3.63, 3.8) is 0 Å². The van der Waals surface area contributed by atoms with E-state index in [-0.39, 0.29) is 11.9 Å². The Morgan fingerprint density at radius 2 is 1.65 bits per heavy atom. The maximum absolute atomic E-state index is 11.6. The molecule has 0 unspecified atom stereocenters. The van der Waals surface area contributed by atoms with Crippen LogP contribution in [0.5, 0.6) is 0 Å². The van der Waals surface area contributed by atoms with Gasteiger partial charge in [-0.15, -0.1) is 0 Å². The highest BCUT2D eigenvalue weighted by atomic mass is 16.2. The molecular formula is C18H27N3O2. The number of carbonyl (C=O) groups is 2. The van der Waals surface area contributed by atoms with E-state index in [0.717, 1.165) is 16.7 Å². The molecule has 0 saturated heterocycles. The Hall–Kier alpha value is -2.30. The van der Waals surface area contributed by atoms with E-state index in [1.54, 1.807) is 6.08 Å². The molecule has 23 heavy (non-hydrogen) atoms. The number of rotatable bonds is 7. The second kappa shape index (κ2) is 9.66. The van der Waals surface area contributed by atoms with Crippen molar-refractivity contribution in [1.29, 1.82) is 0 Å². The van der Waals surface area contributed by atoms with Gasteiger partial charge in [-0.25, -0.2) is 4.79 Å². The summed E-state index contributed by atoms with van der Waals surface area (Å²) in [6.45, 7) is 9.45. The summed E-state index contributed by atoms with van der Waals surface area (Å²) in [7, 11) is 0. The van der Waals surface area contributed by atoms with Crippen molar-refractivity contribution in [2.45, 2.75) is 40.8 Å². The minimum absolute atomic E-state index is 0.0957. The third-order valence-electron chi connectivity index (χ3n) is 3.00. The van der Waals surface area contributed by atoms with E-state index in [4.69, 9.17) is 0 Å². The Balaban J connectivity index is 2.45. The summed E-state index contributed by atoms with van der Waals surface area (Å²) in [5.74, 6) is 0.329. The summed E-state index contributed by atoms with van der Waals surface area (Å²) >= 11 is 0. The molecule has 1 aromatic carbocycles. The van der Waals surface area contributed by atoms with Gasteiger partial charge >= 0.3 is 6.03 Å². The average molecular weight is 317 g/mol. The Morgan fingerprint density at radius 3 is 2.22 bits per heavy atom. The van der Waals surface area contributed by atoms with E-state index in [1.165, 1.54) is 0 Å². The number of hydrogen-bond acceptors (Lipinski definition) is 2. The summed E-state index contributed by atoms with van der Waals surface area (Å²) < 4.78 is 0. The third-order valence-corrected chi connectivity index (χ3v) is 3.00. The zero-order valence-electron chi connectivity index (χ0n) is 14.4. The fraction of sp³-hybridized carbons (Fsp3) is 0.444. The number of amides is 3. The molecule has 5 heteroatoms. The summed E-state index contributed by atoms with van der Waals surface area (Å²) in [6, 6.07) is 7.63. The van der Waals surface area contributed by atoms with Gasteiger partial charge in [0, 0.05) is 25.7 Å². The number of allylic oxidation sites excluding steroid dienone is 1. The van der Waals surface area contributed by atoms with E-state index < -0.39 is 0 Å². The Kier molecular flexibility index (Phi) is 7.88. The van der Waals surface area contributed by atoms with Gasteiger partial charge in [0.15, 0.2) is 0 Å². The van der Waals surface area contributed by atoms with Crippen LogP contribution in [-0.2, 0) is 17.9 Å². The second-order valence-corrected chi connectivity index (χ2v) is 6.22. The predicted octanol–water partition coefficient (Wildman–Crippen LogP) is 2.72. The van der Waals surface area contributed by atoms with Gasteiger partial charge in [0.2, 0.25) is 5.91 Å². The van der Waals surface area contributed by atoms with E-state index in [1.807, 2.05) is 52.0 Å². The number of carbonyl (C=O) groups excluding carboxylic acids is 2. The Bertz CT molecular complexity index is 561. The summed E-state index contributed by atoms with van der Waals surface area (Å²) in [5.41, 5.74) is 2.97. The molecule has 0 spiro atoms. The van der Waals surface area contributed by atoms with Gasteiger partial charge < -0.3 is 16.0 Å². The zero-order chi connectivity index (χ0) is 17.2. The molecule has 0 aliphatic heterocycles. The predicted molar refractivity (Wildman–Crippen MR) is 92.8 cm³/mol. The van der Waals surface area contributed by atoms with Crippen LogP contribution in [0, 0.1) is 5.92 Å². The topological polar surface area (TPSA) is 70.2 Å². The third kappa shape index (κ3) is 8.66. The molecule has 0 aliphatic rings. The number of hydrogen-bond donors (Lipinski definition) is 3. The van der Waals surface area contributed by atoms with Gasteiger partial charge in [0.1, 0.15) is 0 Å². The van der Waals surface area contributed by atoms with Crippen LogP contribution in [0.25, 0.3) is 0 Å². The lowest BCUT2D eigenvalue weighted by atomic mass is 10.1. The van der Waals surface area contributed by atoms with Crippen LogP contribution in [-0.4, -0.2) is 18.5 Å². The summed E-state index contributed by atoms with van der Waals surface area (Å²) in [5, 5.41) is 8.48. The molecule has 3 N–H and O–H groups in total. The molecule has 0 heterocycles. The first-order valence-corrected chi connectivity index (χ1v) is 7.89. The van der Waals surface area contributed by atoms with E-state index in [9.17, 15) is 9.59 Å². The van der Waals surface area contributed by atoms with Gasteiger partial charge in [0.25, 0.3) is 0 Å². The first kappa shape index (κ1) is 18.7. The molecule has 126 valence electrons. The highest BCUT2D eigenvalue weighted by Crippen LogP contribution is 2.05. The van der Waals surface area contributed by atoms with Crippen LogP contribution in [0.1, 0.15) is 38.8 Å². The highest BCUT2D eigenvalue weighted by Gasteiger charge is 2.03. The van der Waals surface area contributed by atoms with Crippen LogP contribution in [0.4, 0.5) is 4.79 Å². The minimum Gasteiger partial charge on any atom is -0.348 e. The van der Waals surface area contributed by atoms with Crippen LogP contribution < -0.4 is 16.0 Å². The Morgan fingerprint density at radius 1 is 1.04 bits per heavy atom. The Labute approximate surface area is 138 Å². The van der Waals surface area contributed by atoms with Crippen molar-refractivity contribution < 1.29 is 9.59 Å². The molecule has 1 aromatic rings. The molecule has 0 bridgehead atoms. The summed E-state index contributed by atoms with van der Waals surface area (Å²) in [4.78, 5) is 23.2. The quantitative estimate of drug-likeness (QED) is 0.677. The zero-order valence-corrected chi connectivity index (χ0v) is 14.4. The van der Waals surface area contributed by atoms with Crippen molar-refractivity contribution in [1.82, 2.24) is 16.0 Å². The maximum Gasteiger partial charge on any atom is 0.315 e. The van der Waals surface area contributed by atoms with Crippen LogP contribution in [0.15, 0.2) is 35.9 Å². The smallest absolute Gasteiger partial charge is 0.315 e. The SMILES string of the molecule is CC(C)=CC(=O)NCc1cccc(CNC(=O)NCC(C)C)c1. The van der Waals surface area contributed by atoms with E-state index in [2.05, 4.69) is 16.0 Å². The molecule has 3 amide bonds. The van der Waals surface area contributed by atoms with E-state index >= 15 is 0 Å². The highest BCUT2D eigenvalue weighted by molar-refractivity contribution is 5.87. The van der Waals surface area contributed by atoms with Crippen molar-refractivity contribution in [3.8, 4) is 0 Å². The average Bonchev–Trinajstić information content (AvgIpc) is 2.48. The van der Waals surface area contributed by atoms with Gasteiger partial charge in [-0.2, -0.15) is 0 Å². The fourth-order valence-corrected chi connectivity index (χ4v) is 1.89. The maximum atomic E-state index is 11.6. The molecule has 1 rings (SSSR count). The van der Waals surface area contributed by atoms with Gasteiger partial charge in [0.05, 0.1) is 0 Å². The number of urea groups is 1. The number of benzene rings is 1. The number of nitrogens with one attached hydrogen (secondary N) is 3. The van der Waals surface area contributed by atoms with Gasteiger partial charge in [-0.05, 0) is 30.9 Å². The van der Waals surface area contributed by atoms with Gasteiger partial charge in [-0.1, -0.05) is 43.7 Å². The lowest BCUT2D eigenvalue weighted by Gasteiger charge is -2.10. The first-order valence-electron chi connectivity index (χ1n) is 7.89. The molecule has 5 nitrogen and oxygen atoms in total. The molecule has 0 aliphatic carbocycles. The second-order valence-electron chi connectivity index (χ2n) is 6.22. The van der Waals surface area contributed by atoms with Gasteiger partial charge in [-0.3, -0.25) is 4.79 Å². The lowest BCUT2D eigenvalue weighted by Crippen LogP contribution is -2.37. The summed E-state index contributed by atoms with van der Waals surface area (Å²) in [6.07, 6.45) is 1.57. The largest absolute Gasteiger partial charge is 0.348 e. The lowest BCUT2D eigenvalue weighted by molar-refractivity contribution is -0.116. The first-order chi connectivity index (χ1) is 10.9. The van der Waals surface area contributed by atoms with Crippen LogP contribution in [0.2, 0.25) is 0 Å². The van der Waals surface area contributed by atoms with Crippen molar-refractivity contribution in [2.75, 3.05) is 6.54 Å². The van der Waals surface area contributed by atoms with E-state index in [0.29, 0.717) is 25.6 Å². The van der Waals surface area contributed by atoms with Crippen molar-refractivity contribution in [2.24, 2.45) is 5.92 Å². The molecule has 0 saturated carbocycles. The molecule has 0 aromatic heterocycles. The molecule has 0 atom stereocenters. The van der Waals surface area contributed by atoms with Crippen molar-refractivity contribution >= 4 is 11.9 Å². The minimum atomic E-state index is -0.166. The molecular weight excluding hydrogens is 290 g/mol. The van der Waals surface area contributed by atoms with Crippen LogP contribution in [0.3, 0.4) is 0 Å². The fourth-order valence-electron chi connectivity index (χ4n) is 1.89. The molecule has 0 radical (unpaired) electrons. The molecule has 0 fully saturated rings. The monoisotopic (exact) mass is 317 g/mol. The van der Waals surface area contributed by atoms with Crippen molar-refractivity contribution in [3.05, 3.63) is 47.0 Å².